The van der Waals surface area contributed by atoms with E-state index in [2.05, 4.69) is 24.1 Å². The summed E-state index contributed by atoms with van der Waals surface area (Å²) in [6.45, 7) is 10.0. The Morgan fingerprint density at radius 2 is 2.13 bits per heavy atom. The number of hydrogen-bond acceptors (Lipinski definition) is 3. The van der Waals surface area contributed by atoms with E-state index in [1.54, 1.807) is 0 Å². The van der Waals surface area contributed by atoms with Crippen molar-refractivity contribution in [2.45, 2.75) is 44.8 Å². The van der Waals surface area contributed by atoms with Gasteiger partial charge in [0.2, 0.25) is 0 Å². The van der Waals surface area contributed by atoms with Crippen LogP contribution in [0.15, 0.2) is 0 Å². The number of morpholine rings is 1. The Hall–Kier alpha value is -0.120. The van der Waals surface area contributed by atoms with E-state index in [1.807, 2.05) is 0 Å². The molecule has 0 amide bonds. The summed E-state index contributed by atoms with van der Waals surface area (Å²) in [7, 11) is 0. The molecule has 2 rings (SSSR count). The lowest BCUT2D eigenvalue weighted by molar-refractivity contribution is -0.131. The quantitative estimate of drug-likeness (QED) is 0.745. The molecule has 0 aromatic carbocycles. The minimum atomic E-state index is 0.174. The summed E-state index contributed by atoms with van der Waals surface area (Å²) in [4.78, 5) is 2.61. The van der Waals surface area contributed by atoms with Crippen LogP contribution in [0.25, 0.3) is 0 Å². The molecule has 15 heavy (non-hydrogen) atoms. The molecule has 0 aromatic rings. The Morgan fingerprint density at radius 3 is 2.80 bits per heavy atom. The van der Waals surface area contributed by atoms with Crippen molar-refractivity contribution in [3.8, 4) is 0 Å². The number of nitrogens with zero attached hydrogens (tertiary/aromatic N) is 1. The largest absolute Gasteiger partial charge is 0.372 e. The molecule has 2 saturated heterocycles. The Balaban J connectivity index is 1.96. The molecular formula is C12H24N2O. The summed E-state index contributed by atoms with van der Waals surface area (Å²) in [5.74, 6) is 0. The van der Waals surface area contributed by atoms with Crippen LogP contribution in [0.5, 0.6) is 0 Å². The van der Waals surface area contributed by atoms with E-state index in [0.29, 0.717) is 6.04 Å². The number of nitrogens with one attached hydrogen (secondary N) is 1. The van der Waals surface area contributed by atoms with Crippen LogP contribution in [0.4, 0.5) is 0 Å². The molecule has 0 aliphatic carbocycles. The van der Waals surface area contributed by atoms with Crippen molar-refractivity contribution in [1.29, 1.82) is 0 Å². The van der Waals surface area contributed by atoms with Crippen LogP contribution in [-0.4, -0.2) is 49.3 Å². The monoisotopic (exact) mass is 212 g/mol. The van der Waals surface area contributed by atoms with Gasteiger partial charge >= 0.3 is 0 Å². The van der Waals surface area contributed by atoms with Crippen LogP contribution < -0.4 is 5.32 Å². The standard InChI is InChI=1S/C12H24N2O/c1-3-11(2)14-8-9-15-12(10-14)4-6-13-7-5-12/h11,13H,3-10H2,1-2H3. The lowest BCUT2D eigenvalue weighted by atomic mass is 9.89. The van der Waals surface area contributed by atoms with Gasteiger partial charge < -0.3 is 10.1 Å². The fraction of sp³-hybridized carbons (Fsp3) is 1.00. The maximum Gasteiger partial charge on any atom is 0.0833 e. The van der Waals surface area contributed by atoms with Crippen LogP contribution in [0.2, 0.25) is 0 Å². The van der Waals surface area contributed by atoms with E-state index in [-0.39, 0.29) is 5.60 Å². The molecule has 1 N–H and O–H groups in total. The zero-order chi connectivity index (χ0) is 10.7. The van der Waals surface area contributed by atoms with Crippen molar-refractivity contribution in [1.82, 2.24) is 10.2 Å². The van der Waals surface area contributed by atoms with Gasteiger partial charge in [-0.15, -0.1) is 0 Å². The van der Waals surface area contributed by atoms with Crippen LogP contribution in [-0.2, 0) is 4.74 Å². The topological polar surface area (TPSA) is 24.5 Å². The molecule has 2 heterocycles. The fourth-order valence-corrected chi connectivity index (χ4v) is 2.69. The second-order valence-electron chi connectivity index (χ2n) is 5.01. The van der Waals surface area contributed by atoms with Gasteiger partial charge in [0.05, 0.1) is 12.2 Å². The summed E-state index contributed by atoms with van der Waals surface area (Å²) in [5, 5.41) is 3.42. The van der Waals surface area contributed by atoms with Crippen LogP contribution in [0.1, 0.15) is 33.1 Å². The second kappa shape index (κ2) is 4.81. The molecule has 0 aromatic heterocycles. The van der Waals surface area contributed by atoms with Gasteiger partial charge in [0.25, 0.3) is 0 Å². The number of rotatable bonds is 2. The lowest BCUT2D eigenvalue weighted by Crippen LogP contribution is -2.57. The molecular weight excluding hydrogens is 188 g/mol. The molecule has 0 radical (unpaired) electrons. The van der Waals surface area contributed by atoms with E-state index in [4.69, 9.17) is 4.74 Å². The Bertz CT molecular complexity index is 196. The van der Waals surface area contributed by atoms with Gasteiger partial charge in [-0.05, 0) is 39.3 Å². The first-order valence-corrected chi connectivity index (χ1v) is 6.34. The minimum Gasteiger partial charge on any atom is -0.372 e. The summed E-state index contributed by atoms with van der Waals surface area (Å²) in [6.07, 6.45) is 3.61. The van der Waals surface area contributed by atoms with Crippen LogP contribution in [0, 0.1) is 0 Å². The van der Waals surface area contributed by atoms with Crippen molar-refractivity contribution in [2.75, 3.05) is 32.8 Å². The van der Waals surface area contributed by atoms with Gasteiger partial charge in [-0.25, -0.2) is 0 Å². The van der Waals surface area contributed by atoms with Gasteiger partial charge in [-0.2, -0.15) is 0 Å². The first-order valence-electron chi connectivity index (χ1n) is 6.34. The van der Waals surface area contributed by atoms with Gasteiger partial charge in [-0.1, -0.05) is 6.92 Å². The highest BCUT2D eigenvalue weighted by molar-refractivity contribution is 4.92. The molecule has 0 bridgehead atoms. The average molecular weight is 212 g/mol. The van der Waals surface area contributed by atoms with Crippen molar-refractivity contribution < 1.29 is 4.74 Å². The summed E-state index contributed by atoms with van der Waals surface area (Å²) in [6, 6.07) is 0.709. The Kier molecular flexibility index (Phi) is 3.65. The van der Waals surface area contributed by atoms with E-state index in [1.165, 1.54) is 19.3 Å². The average Bonchev–Trinajstić information content (AvgIpc) is 2.29. The van der Waals surface area contributed by atoms with E-state index >= 15 is 0 Å². The lowest BCUT2D eigenvalue weighted by Gasteiger charge is -2.47. The summed E-state index contributed by atoms with van der Waals surface area (Å²) >= 11 is 0. The van der Waals surface area contributed by atoms with E-state index in [9.17, 15) is 0 Å². The van der Waals surface area contributed by atoms with Gasteiger partial charge in [0, 0.05) is 19.1 Å². The molecule has 1 unspecified atom stereocenters. The van der Waals surface area contributed by atoms with Crippen LogP contribution >= 0.6 is 0 Å². The number of piperidine rings is 1. The Labute approximate surface area is 93.2 Å². The molecule has 1 atom stereocenters. The number of hydrogen-bond donors (Lipinski definition) is 1. The van der Waals surface area contributed by atoms with Gasteiger partial charge in [-0.3, -0.25) is 4.90 Å². The molecule has 0 saturated carbocycles. The molecule has 3 nitrogen and oxygen atoms in total. The second-order valence-corrected chi connectivity index (χ2v) is 5.01. The highest BCUT2D eigenvalue weighted by Crippen LogP contribution is 2.28. The SMILES string of the molecule is CCC(C)N1CCOC2(CCNCC2)C1. The molecule has 1 spiro atoms. The smallest absolute Gasteiger partial charge is 0.0833 e. The van der Waals surface area contributed by atoms with Crippen molar-refractivity contribution in [3.63, 3.8) is 0 Å². The summed E-state index contributed by atoms with van der Waals surface area (Å²) < 4.78 is 6.05. The normalized spacial score (nSPS) is 29.2. The third kappa shape index (κ3) is 2.52. The maximum atomic E-state index is 6.05. The number of ether oxygens (including phenoxy) is 1. The highest BCUT2D eigenvalue weighted by Gasteiger charge is 2.38. The van der Waals surface area contributed by atoms with Gasteiger partial charge in [0.15, 0.2) is 0 Å². The van der Waals surface area contributed by atoms with E-state index < -0.39 is 0 Å². The zero-order valence-corrected chi connectivity index (χ0v) is 10.1. The highest BCUT2D eigenvalue weighted by atomic mass is 16.5. The van der Waals surface area contributed by atoms with Crippen molar-refractivity contribution in [2.24, 2.45) is 0 Å². The molecule has 2 fully saturated rings. The van der Waals surface area contributed by atoms with Crippen LogP contribution in [0.3, 0.4) is 0 Å². The predicted octanol–water partition coefficient (Wildman–Crippen LogP) is 1.24. The molecule has 88 valence electrons. The zero-order valence-electron chi connectivity index (χ0n) is 10.1. The predicted molar refractivity (Wildman–Crippen MR) is 62.1 cm³/mol. The van der Waals surface area contributed by atoms with Crippen molar-refractivity contribution in [3.05, 3.63) is 0 Å². The first kappa shape index (κ1) is 11.4. The molecule has 2 aliphatic heterocycles. The first-order chi connectivity index (χ1) is 7.26. The van der Waals surface area contributed by atoms with E-state index in [0.717, 1.165) is 32.8 Å². The Morgan fingerprint density at radius 1 is 1.40 bits per heavy atom. The maximum absolute atomic E-state index is 6.05. The molecule has 3 heteroatoms. The third-order valence-corrected chi connectivity index (χ3v) is 4.01. The van der Waals surface area contributed by atoms with Gasteiger partial charge in [0.1, 0.15) is 0 Å². The minimum absolute atomic E-state index is 0.174. The van der Waals surface area contributed by atoms with Crippen molar-refractivity contribution >= 4 is 0 Å². The third-order valence-electron chi connectivity index (χ3n) is 4.01. The molecule has 2 aliphatic rings. The fourth-order valence-electron chi connectivity index (χ4n) is 2.69. The summed E-state index contributed by atoms with van der Waals surface area (Å²) in [5.41, 5.74) is 0.174.